The van der Waals surface area contributed by atoms with E-state index in [4.69, 9.17) is 9.47 Å². The van der Waals surface area contributed by atoms with E-state index < -0.39 is 0 Å². The molecule has 4 heteroatoms. The Bertz CT molecular complexity index is 274. The van der Waals surface area contributed by atoms with E-state index >= 15 is 0 Å². The molecule has 21 heavy (non-hydrogen) atoms. The van der Waals surface area contributed by atoms with Gasteiger partial charge in [-0.15, -0.1) is 0 Å². The average molecular weight is 300 g/mol. The number of rotatable bonds is 10. The highest BCUT2D eigenvalue weighted by Crippen LogP contribution is 2.23. The van der Waals surface area contributed by atoms with Crippen LogP contribution >= 0.6 is 0 Å². The number of unbranched alkanes of at least 4 members (excludes halogenated alkanes) is 1. The van der Waals surface area contributed by atoms with Gasteiger partial charge in [0.2, 0.25) is 0 Å². The molecule has 0 aromatic rings. The summed E-state index contributed by atoms with van der Waals surface area (Å²) in [4.78, 5) is 2.69. The van der Waals surface area contributed by atoms with Crippen LogP contribution < -0.4 is 5.32 Å². The predicted molar refractivity (Wildman–Crippen MR) is 88.8 cm³/mol. The molecule has 1 saturated heterocycles. The van der Waals surface area contributed by atoms with Gasteiger partial charge in [0, 0.05) is 38.4 Å². The van der Waals surface area contributed by atoms with E-state index in [-0.39, 0.29) is 5.54 Å². The minimum Gasteiger partial charge on any atom is -0.382 e. The fourth-order valence-corrected chi connectivity index (χ4v) is 3.00. The first kappa shape index (κ1) is 18.9. The molecule has 1 aliphatic heterocycles. The van der Waals surface area contributed by atoms with Gasteiger partial charge in [-0.3, -0.25) is 4.90 Å². The summed E-state index contributed by atoms with van der Waals surface area (Å²) in [5.74, 6) is 0.705. The van der Waals surface area contributed by atoms with Gasteiger partial charge in [0.25, 0.3) is 0 Å². The second-order valence-electron chi connectivity index (χ2n) is 6.89. The van der Waals surface area contributed by atoms with E-state index in [1.54, 1.807) is 7.11 Å². The molecule has 0 radical (unpaired) electrons. The largest absolute Gasteiger partial charge is 0.382 e. The van der Waals surface area contributed by atoms with E-state index in [0.717, 1.165) is 26.1 Å². The lowest BCUT2D eigenvalue weighted by Gasteiger charge is -2.47. The number of nitrogens with one attached hydrogen (secondary N) is 1. The molecular formula is C17H36N2O2. The van der Waals surface area contributed by atoms with Crippen molar-refractivity contribution in [1.29, 1.82) is 0 Å². The molecule has 1 heterocycles. The standard InChI is InChI=1S/C17H36N2O2/c1-6-17(4)14-19(16(13-18-17)15(2)3)9-7-8-10-21-12-11-20-5/h15-16,18H,6-14H2,1-5H3. The number of nitrogens with zero attached hydrogens (tertiary/aromatic N) is 1. The monoisotopic (exact) mass is 300 g/mol. The van der Waals surface area contributed by atoms with Gasteiger partial charge < -0.3 is 14.8 Å². The molecule has 126 valence electrons. The molecule has 0 bridgehead atoms. The lowest BCUT2D eigenvalue weighted by atomic mass is 9.90. The van der Waals surface area contributed by atoms with Gasteiger partial charge in [-0.25, -0.2) is 0 Å². The van der Waals surface area contributed by atoms with Crippen LogP contribution in [0.25, 0.3) is 0 Å². The zero-order chi connectivity index (χ0) is 15.7. The average Bonchev–Trinajstić information content (AvgIpc) is 2.46. The summed E-state index contributed by atoms with van der Waals surface area (Å²) in [5.41, 5.74) is 0.278. The number of hydrogen-bond acceptors (Lipinski definition) is 4. The Morgan fingerprint density at radius 3 is 2.62 bits per heavy atom. The smallest absolute Gasteiger partial charge is 0.0700 e. The first-order chi connectivity index (χ1) is 10.0. The van der Waals surface area contributed by atoms with Gasteiger partial charge in [-0.05, 0) is 38.6 Å². The van der Waals surface area contributed by atoms with E-state index in [0.29, 0.717) is 25.2 Å². The molecule has 1 rings (SSSR count). The van der Waals surface area contributed by atoms with Gasteiger partial charge in [0.15, 0.2) is 0 Å². The van der Waals surface area contributed by atoms with Crippen molar-refractivity contribution in [3.05, 3.63) is 0 Å². The molecule has 1 aliphatic rings. The minimum atomic E-state index is 0.278. The molecular weight excluding hydrogens is 264 g/mol. The third-order valence-electron chi connectivity index (χ3n) is 4.72. The van der Waals surface area contributed by atoms with Crippen LogP contribution in [0.1, 0.15) is 47.0 Å². The van der Waals surface area contributed by atoms with Crippen molar-refractivity contribution < 1.29 is 9.47 Å². The van der Waals surface area contributed by atoms with Crippen LogP contribution in [-0.2, 0) is 9.47 Å². The Hall–Kier alpha value is -0.160. The van der Waals surface area contributed by atoms with Gasteiger partial charge in [-0.2, -0.15) is 0 Å². The molecule has 4 nitrogen and oxygen atoms in total. The third kappa shape index (κ3) is 6.64. The Labute approximate surface area is 131 Å². The maximum absolute atomic E-state index is 5.54. The Morgan fingerprint density at radius 1 is 1.24 bits per heavy atom. The van der Waals surface area contributed by atoms with Crippen molar-refractivity contribution in [3.8, 4) is 0 Å². The maximum Gasteiger partial charge on any atom is 0.0700 e. The lowest BCUT2D eigenvalue weighted by molar-refractivity contribution is 0.0493. The van der Waals surface area contributed by atoms with E-state index in [9.17, 15) is 0 Å². The zero-order valence-corrected chi connectivity index (χ0v) is 14.8. The van der Waals surface area contributed by atoms with E-state index in [2.05, 4.69) is 37.9 Å². The highest BCUT2D eigenvalue weighted by atomic mass is 16.5. The fraction of sp³-hybridized carbons (Fsp3) is 1.00. The van der Waals surface area contributed by atoms with Crippen LogP contribution in [0.15, 0.2) is 0 Å². The molecule has 1 N–H and O–H groups in total. The molecule has 0 saturated carbocycles. The van der Waals surface area contributed by atoms with Crippen LogP contribution in [0.4, 0.5) is 0 Å². The van der Waals surface area contributed by atoms with Crippen LogP contribution in [0, 0.1) is 5.92 Å². The highest BCUT2D eigenvalue weighted by Gasteiger charge is 2.35. The van der Waals surface area contributed by atoms with E-state index in [1.165, 1.54) is 19.4 Å². The predicted octanol–water partition coefficient (Wildman–Crippen LogP) is 2.53. The Balaban J connectivity index is 2.30. The van der Waals surface area contributed by atoms with Gasteiger partial charge in [-0.1, -0.05) is 20.8 Å². The van der Waals surface area contributed by atoms with Crippen LogP contribution in [0.2, 0.25) is 0 Å². The molecule has 0 amide bonds. The van der Waals surface area contributed by atoms with Crippen molar-refractivity contribution in [2.45, 2.75) is 58.5 Å². The van der Waals surface area contributed by atoms with Crippen molar-refractivity contribution in [2.24, 2.45) is 5.92 Å². The van der Waals surface area contributed by atoms with Gasteiger partial charge in [0.1, 0.15) is 0 Å². The quantitative estimate of drug-likeness (QED) is 0.629. The summed E-state index contributed by atoms with van der Waals surface area (Å²) in [6.45, 7) is 15.0. The van der Waals surface area contributed by atoms with E-state index in [1.807, 2.05) is 0 Å². The minimum absolute atomic E-state index is 0.278. The lowest BCUT2D eigenvalue weighted by Crippen LogP contribution is -2.64. The molecule has 0 aliphatic carbocycles. The Kier molecular flexibility index (Phi) is 8.79. The van der Waals surface area contributed by atoms with Crippen molar-refractivity contribution in [2.75, 3.05) is 46.6 Å². The first-order valence-electron chi connectivity index (χ1n) is 8.58. The zero-order valence-electron chi connectivity index (χ0n) is 14.8. The first-order valence-corrected chi connectivity index (χ1v) is 8.58. The summed E-state index contributed by atoms with van der Waals surface area (Å²) in [6, 6.07) is 0.666. The SMILES string of the molecule is CCC1(C)CN(CCCCOCCOC)C(C(C)C)CN1. The van der Waals surface area contributed by atoms with Gasteiger partial charge in [0.05, 0.1) is 13.2 Å². The molecule has 0 spiro atoms. The topological polar surface area (TPSA) is 33.7 Å². The number of hydrogen-bond donors (Lipinski definition) is 1. The number of ether oxygens (including phenoxy) is 2. The molecule has 0 aromatic carbocycles. The summed E-state index contributed by atoms with van der Waals surface area (Å²) in [6.07, 6.45) is 3.55. The van der Waals surface area contributed by atoms with Gasteiger partial charge >= 0.3 is 0 Å². The molecule has 2 unspecified atom stereocenters. The second-order valence-corrected chi connectivity index (χ2v) is 6.89. The van der Waals surface area contributed by atoms with Crippen LogP contribution in [-0.4, -0.2) is 63.0 Å². The van der Waals surface area contributed by atoms with Crippen LogP contribution in [0.3, 0.4) is 0 Å². The Morgan fingerprint density at radius 2 is 2.00 bits per heavy atom. The van der Waals surface area contributed by atoms with Crippen molar-refractivity contribution in [3.63, 3.8) is 0 Å². The summed E-state index contributed by atoms with van der Waals surface area (Å²) in [5, 5.41) is 3.75. The van der Waals surface area contributed by atoms with Crippen LogP contribution in [0.5, 0.6) is 0 Å². The second kappa shape index (κ2) is 9.78. The van der Waals surface area contributed by atoms with Crippen molar-refractivity contribution >= 4 is 0 Å². The fourth-order valence-electron chi connectivity index (χ4n) is 3.00. The summed E-state index contributed by atoms with van der Waals surface area (Å²) in [7, 11) is 1.71. The molecule has 0 aromatic heterocycles. The molecule has 2 atom stereocenters. The third-order valence-corrected chi connectivity index (χ3v) is 4.72. The number of methoxy groups -OCH3 is 1. The summed E-state index contributed by atoms with van der Waals surface area (Å²) < 4.78 is 10.5. The van der Waals surface area contributed by atoms with Crippen molar-refractivity contribution in [1.82, 2.24) is 10.2 Å². The maximum atomic E-state index is 5.54. The summed E-state index contributed by atoms with van der Waals surface area (Å²) >= 11 is 0. The highest BCUT2D eigenvalue weighted by molar-refractivity contribution is 4.95. The normalized spacial score (nSPS) is 27.4. The number of piperazine rings is 1. The molecule has 1 fully saturated rings.